The Morgan fingerprint density at radius 3 is 2.58 bits per heavy atom. The molecule has 0 bridgehead atoms. The zero-order chi connectivity index (χ0) is 14.5. The van der Waals surface area contributed by atoms with Crippen LogP contribution in [-0.4, -0.2) is 48.7 Å². The van der Waals surface area contributed by atoms with Crippen LogP contribution in [-0.2, 0) is 14.3 Å². The lowest BCUT2D eigenvalue weighted by Crippen LogP contribution is -2.37. The van der Waals surface area contributed by atoms with Crippen molar-refractivity contribution < 1.29 is 19.4 Å². The van der Waals surface area contributed by atoms with Gasteiger partial charge in [-0.3, -0.25) is 9.59 Å². The van der Waals surface area contributed by atoms with Crippen LogP contribution in [0.15, 0.2) is 0 Å². The second kappa shape index (κ2) is 6.89. The Hall–Kier alpha value is -1.10. The molecule has 0 spiro atoms. The lowest BCUT2D eigenvalue weighted by Gasteiger charge is -2.29. The average molecular weight is 271 g/mol. The van der Waals surface area contributed by atoms with E-state index in [4.69, 9.17) is 9.84 Å². The minimum absolute atomic E-state index is 0.0109. The van der Waals surface area contributed by atoms with Crippen LogP contribution in [0.1, 0.15) is 39.5 Å². The van der Waals surface area contributed by atoms with Gasteiger partial charge in [0.05, 0.1) is 13.0 Å². The standard InChI is InChI=1S/C14H25NO4/c1-14(2,8-13(17)18)7-12(16)15(3)9-11-5-4-6-19-10-11/h11H,4-10H2,1-3H3,(H,17,18). The molecule has 0 aromatic rings. The molecule has 0 radical (unpaired) electrons. The Morgan fingerprint density at radius 2 is 2.05 bits per heavy atom. The number of ether oxygens (including phenoxy) is 1. The number of hydrogen-bond donors (Lipinski definition) is 1. The van der Waals surface area contributed by atoms with E-state index in [1.165, 1.54) is 0 Å². The van der Waals surface area contributed by atoms with E-state index in [1.807, 2.05) is 13.8 Å². The molecule has 1 aliphatic rings. The molecule has 0 aliphatic carbocycles. The van der Waals surface area contributed by atoms with E-state index in [-0.39, 0.29) is 18.7 Å². The molecule has 0 saturated carbocycles. The van der Waals surface area contributed by atoms with Crippen LogP contribution in [0.25, 0.3) is 0 Å². The third kappa shape index (κ3) is 6.05. The molecule has 1 N–H and O–H groups in total. The van der Waals surface area contributed by atoms with Crippen molar-refractivity contribution in [3.63, 3.8) is 0 Å². The van der Waals surface area contributed by atoms with Gasteiger partial charge in [-0.05, 0) is 24.2 Å². The number of nitrogens with zero attached hydrogens (tertiary/aromatic N) is 1. The number of aliphatic carboxylic acids is 1. The van der Waals surface area contributed by atoms with Gasteiger partial charge in [0.2, 0.25) is 5.91 Å². The first-order valence-corrected chi connectivity index (χ1v) is 6.84. The van der Waals surface area contributed by atoms with Gasteiger partial charge in [0, 0.05) is 26.6 Å². The van der Waals surface area contributed by atoms with Crippen LogP contribution < -0.4 is 0 Å². The van der Waals surface area contributed by atoms with Gasteiger partial charge >= 0.3 is 5.97 Å². The summed E-state index contributed by atoms with van der Waals surface area (Å²) in [4.78, 5) is 24.6. The molecule has 1 amide bonds. The minimum atomic E-state index is -0.860. The summed E-state index contributed by atoms with van der Waals surface area (Å²) >= 11 is 0. The predicted molar refractivity (Wildman–Crippen MR) is 71.8 cm³/mol. The SMILES string of the molecule is CN(CC1CCCOC1)C(=O)CC(C)(C)CC(=O)O. The van der Waals surface area contributed by atoms with Crippen LogP contribution in [0.5, 0.6) is 0 Å². The van der Waals surface area contributed by atoms with Crippen LogP contribution in [0, 0.1) is 11.3 Å². The fourth-order valence-corrected chi connectivity index (χ4v) is 2.46. The molecule has 5 nitrogen and oxygen atoms in total. The smallest absolute Gasteiger partial charge is 0.303 e. The molecule has 1 rings (SSSR count). The summed E-state index contributed by atoms with van der Waals surface area (Å²) in [6, 6.07) is 0. The largest absolute Gasteiger partial charge is 0.481 e. The van der Waals surface area contributed by atoms with E-state index in [0.29, 0.717) is 12.5 Å². The maximum atomic E-state index is 12.1. The summed E-state index contributed by atoms with van der Waals surface area (Å²) in [5.74, 6) is -0.441. The van der Waals surface area contributed by atoms with Crippen LogP contribution in [0.4, 0.5) is 0 Å². The Labute approximate surface area is 114 Å². The monoisotopic (exact) mass is 271 g/mol. The minimum Gasteiger partial charge on any atom is -0.481 e. The second-order valence-electron chi connectivity index (χ2n) is 6.27. The maximum absolute atomic E-state index is 12.1. The highest BCUT2D eigenvalue weighted by atomic mass is 16.5. The normalized spacial score (nSPS) is 20.1. The van der Waals surface area contributed by atoms with E-state index in [2.05, 4.69) is 0 Å². The Morgan fingerprint density at radius 1 is 1.37 bits per heavy atom. The van der Waals surface area contributed by atoms with E-state index in [9.17, 15) is 9.59 Å². The molecule has 1 fully saturated rings. The molecule has 1 aliphatic heterocycles. The Bertz CT molecular complexity index is 321. The quantitative estimate of drug-likeness (QED) is 0.799. The third-order valence-corrected chi connectivity index (χ3v) is 3.47. The fraction of sp³-hybridized carbons (Fsp3) is 0.857. The second-order valence-corrected chi connectivity index (χ2v) is 6.27. The van der Waals surface area contributed by atoms with Gasteiger partial charge in [-0.2, -0.15) is 0 Å². The molecule has 110 valence electrons. The number of hydrogen-bond acceptors (Lipinski definition) is 3. The molecule has 1 saturated heterocycles. The van der Waals surface area contributed by atoms with Gasteiger partial charge in [0.15, 0.2) is 0 Å². The highest BCUT2D eigenvalue weighted by molar-refractivity contribution is 5.77. The summed E-state index contributed by atoms with van der Waals surface area (Å²) in [7, 11) is 1.79. The molecule has 1 heterocycles. The molecule has 1 unspecified atom stereocenters. The van der Waals surface area contributed by atoms with Gasteiger partial charge in [-0.25, -0.2) is 0 Å². The number of rotatable bonds is 6. The Balaban J connectivity index is 2.40. The number of carboxylic acid groups (broad SMARTS) is 1. The third-order valence-electron chi connectivity index (χ3n) is 3.47. The van der Waals surface area contributed by atoms with Crippen LogP contribution in [0.2, 0.25) is 0 Å². The summed E-state index contributed by atoms with van der Waals surface area (Å²) in [6.07, 6.45) is 2.43. The first-order chi connectivity index (χ1) is 8.80. The van der Waals surface area contributed by atoms with Crippen LogP contribution >= 0.6 is 0 Å². The summed E-state index contributed by atoms with van der Waals surface area (Å²) in [6.45, 7) is 5.87. The van der Waals surface area contributed by atoms with E-state index in [1.54, 1.807) is 11.9 Å². The van der Waals surface area contributed by atoms with E-state index < -0.39 is 11.4 Å². The van der Waals surface area contributed by atoms with Crippen molar-refractivity contribution in [1.82, 2.24) is 4.90 Å². The first kappa shape index (κ1) is 16.0. The summed E-state index contributed by atoms with van der Waals surface area (Å²) in [5.41, 5.74) is -0.500. The highest BCUT2D eigenvalue weighted by Gasteiger charge is 2.27. The van der Waals surface area contributed by atoms with Crippen molar-refractivity contribution in [2.24, 2.45) is 11.3 Å². The zero-order valence-electron chi connectivity index (χ0n) is 12.1. The first-order valence-electron chi connectivity index (χ1n) is 6.84. The predicted octanol–water partition coefficient (Wildman–Crippen LogP) is 1.76. The number of amides is 1. The average Bonchev–Trinajstić information content (AvgIpc) is 2.27. The molecular weight excluding hydrogens is 246 g/mol. The number of carboxylic acids is 1. The van der Waals surface area contributed by atoms with Gasteiger partial charge in [-0.15, -0.1) is 0 Å². The molecule has 1 atom stereocenters. The molecule has 5 heteroatoms. The maximum Gasteiger partial charge on any atom is 0.303 e. The number of carbonyl (C=O) groups excluding carboxylic acids is 1. The van der Waals surface area contributed by atoms with Crippen molar-refractivity contribution in [1.29, 1.82) is 0 Å². The summed E-state index contributed by atoms with van der Waals surface area (Å²) in [5, 5.41) is 8.82. The van der Waals surface area contributed by atoms with Crippen molar-refractivity contribution in [3.8, 4) is 0 Å². The Kier molecular flexibility index (Phi) is 5.79. The highest BCUT2D eigenvalue weighted by Crippen LogP contribution is 2.26. The fourth-order valence-electron chi connectivity index (χ4n) is 2.46. The van der Waals surface area contributed by atoms with Crippen LogP contribution in [0.3, 0.4) is 0 Å². The van der Waals surface area contributed by atoms with E-state index >= 15 is 0 Å². The van der Waals surface area contributed by atoms with Crippen molar-refractivity contribution >= 4 is 11.9 Å². The lowest BCUT2D eigenvalue weighted by molar-refractivity contribution is -0.140. The van der Waals surface area contributed by atoms with E-state index in [0.717, 1.165) is 26.1 Å². The van der Waals surface area contributed by atoms with Crippen molar-refractivity contribution in [2.45, 2.75) is 39.5 Å². The molecule has 0 aromatic heterocycles. The lowest BCUT2D eigenvalue weighted by atomic mass is 9.85. The molecular formula is C14H25NO4. The van der Waals surface area contributed by atoms with Gasteiger partial charge in [-0.1, -0.05) is 13.8 Å². The molecule has 0 aromatic carbocycles. The van der Waals surface area contributed by atoms with Gasteiger partial charge in [0.1, 0.15) is 0 Å². The topological polar surface area (TPSA) is 66.8 Å². The van der Waals surface area contributed by atoms with Crippen molar-refractivity contribution in [3.05, 3.63) is 0 Å². The number of carbonyl (C=O) groups is 2. The van der Waals surface area contributed by atoms with Gasteiger partial charge in [0.25, 0.3) is 0 Å². The zero-order valence-corrected chi connectivity index (χ0v) is 12.1. The van der Waals surface area contributed by atoms with Gasteiger partial charge < -0.3 is 14.7 Å². The van der Waals surface area contributed by atoms with Crippen molar-refractivity contribution in [2.75, 3.05) is 26.8 Å². The molecule has 19 heavy (non-hydrogen) atoms. The summed E-state index contributed by atoms with van der Waals surface area (Å²) < 4.78 is 5.40.